The highest BCUT2D eigenvalue weighted by Crippen LogP contribution is 2.32. The normalized spacial score (nSPS) is 24.0. The second kappa shape index (κ2) is 7.80. The minimum absolute atomic E-state index is 0.0485. The van der Waals surface area contributed by atoms with Gasteiger partial charge in [-0.3, -0.25) is 9.59 Å². The van der Waals surface area contributed by atoms with Crippen molar-refractivity contribution in [1.29, 1.82) is 0 Å². The molecule has 1 N–H and O–H groups in total. The Balaban J connectivity index is 1.47. The van der Waals surface area contributed by atoms with Gasteiger partial charge in [0.1, 0.15) is 11.8 Å². The highest BCUT2D eigenvalue weighted by molar-refractivity contribution is 6.02. The number of nitrogens with one attached hydrogen (secondary N) is 1. The Kier molecular flexibility index (Phi) is 4.96. The number of fused-ring (bicyclic) bond motifs is 3. The Morgan fingerprint density at radius 2 is 2.19 bits per heavy atom. The van der Waals surface area contributed by atoms with Gasteiger partial charge in [-0.1, -0.05) is 25.2 Å². The van der Waals surface area contributed by atoms with E-state index in [1.165, 1.54) is 6.08 Å². The molecule has 3 aromatic rings. The van der Waals surface area contributed by atoms with E-state index < -0.39 is 6.17 Å². The first-order valence-corrected chi connectivity index (χ1v) is 10.8. The SMILES string of the molecule is CC1CCN(C(=O)CC2=CCC(F)C=C2)CC1n1ccc(=O)c2cnc3[nH]ccc3c21. The standard InChI is InChI=1S/C24H25FN4O2/c1-15-7-10-28(22(31)12-16-2-4-17(25)5-3-16)14-20(15)29-11-8-21(30)19-13-27-24-18(23(19)29)6-9-26-24/h2-4,6,8-9,11,13,15,17,20H,5,7,10,12,14H2,1H3,(H,26,27). The fourth-order valence-corrected chi connectivity index (χ4v) is 4.73. The zero-order chi connectivity index (χ0) is 21.5. The van der Waals surface area contributed by atoms with Crippen LogP contribution in [0.4, 0.5) is 4.39 Å². The van der Waals surface area contributed by atoms with Crippen molar-refractivity contribution in [2.45, 2.75) is 38.4 Å². The number of carbonyl (C=O) groups is 1. The average Bonchev–Trinajstić information content (AvgIpc) is 3.25. The summed E-state index contributed by atoms with van der Waals surface area (Å²) in [6.45, 7) is 3.48. The lowest BCUT2D eigenvalue weighted by atomic mass is 9.92. The van der Waals surface area contributed by atoms with Crippen LogP contribution in [0.2, 0.25) is 0 Å². The first kappa shape index (κ1) is 19.7. The van der Waals surface area contributed by atoms with Gasteiger partial charge in [0, 0.05) is 49.6 Å². The van der Waals surface area contributed by atoms with Gasteiger partial charge in [-0.15, -0.1) is 0 Å². The Bertz CT molecular complexity index is 1270. The molecule has 0 saturated carbocycles. The highest BCUT2D eigenvalue weighted by Gasteiger charge is 2.31. The number of halogens is 1. The molecule has 31 heavy (non-hydrogen) atoms. The second-order valence-electron chi connectivity index (χ2n) is 8.59. The van der Waals surface area contributed by atoms with Crippen LogP contribution in [0.5, 0.6) is 0 Å². The average molecular weight is 420 g/mol. The molecule has 1 fully saturated rings. The van der Waals surface area contributed by atoms with Crippen LogP contribution in [-0.2, 0) is 4.79 Å². The van der Waals surface area contributed by atoms with Crippen LogP contribution in [0.1, 0.15) is 32.2 Å². The molecule has 5 rings (SSSR count). The molecule has 160 valence electrons. The Hall–Kier alpha value is -3.22. The fourth-order valence-electron chi connectivity index (χ4n) is 4.73. The molecule has 0 spiro atoms. The molecule has 3 aromatic heterocycles. The van der Waals surface area contributed by atoms with E-state index in [-0.39, 0.29) is 17.4 Å². The Morgan fingerprint density at radius 3 is 3.00 bits per heavy atom. The molecule has 4 heterocycles. The van der Waals surface area contributed by atoms with Crippen LogP contribution in [0.25, 0.3) is 21.9 Å². The van der Waals surface area contributed by atoms with Crippen molar-refractivity contribution < 1.29 is 9.18 Å². The summed E-state index contributed by atoms with van der Waals surface area (Å²) in [5.41, 5.74) is 2.42. The van der Waals surface area contributed by atoms with Crippen LogP contribution in [-0.4, -0.2) is 44.6 Å². The van der Waals surface area contributed by atoms with E-state index in [0.29, 0.717) is 37.2 Å². The summed E-state index contributed by atoms with van der Waals surface area (Å²) in [4.78, 5) is 34.9. The van der Waals surface area contributed by atoms with Crippen molar-refractivity contribution in [2.24, 2.45) is 5.92 Å². The third-order valence-corrected chi connectivity index (χ3v) is 6.58. The monoisotopic (exact) mass is 420 g/mol. The quantitative estimate of drug-likeness (QED) is 0.699. The Morgan fingerprint density at radius 1 is 1.32 bits per heavy atom. The van der Waals surface area contributed by atoms with E-state index >= 15 is 0 Å². The molecular formula is C24H25FN4O2. The minimum Gasteiger partial charge on any atom is -0.346 e. The zero-order valence-corrected chi connectivity index (χ0v) is 17.4. The van der Waals surface area contributed by atoms with E-state index in [2.05, 4.69) is 21.5 Å². The lowest BCUT2D eigenvalue weighted by Gasteiger charge is -2.39. The van der Waals surface area contributed by atoms with Gasteiger partial charge in [0.25, 0.3) is 0 Å². The number of aromatic amines is 1. The van der Waals surface area contributed by atoms with Crippen molar-refractivity contribution in [1.82, 2.24) is 19.4 Å². The van der Waals surface area contributed by atoms with E-state index in [1.54, 1.807) is 18.3 Å². The molecule has 0 radical (unpaired) electrons. The topological polar surface area (TPSA) is 71.0 Å². The number of H-pyrrole nitrogens is 1. The predicted molar refractivity (Wildman–Crippen MR) is 119 cm³/mol. The number of carbonyl (C=O) groups excluding carboxylic acids is 1. The van der Waals surface area contributed by atoms with E-state index in [0.717, 1.165) is 28.5 Å². The number of rotatable bonds is 3. The zero-order valence-electron chi connectivity index (χ0n) is 17.4. The van der Waals surface area contributed by atoms with Gasteiger partial charge in [0.05, 0.1) is 23.4 Å². The predicted octanol–water partition coefficient (Wildman–Crippen LogP) is 3.90. The number of alkyl halides is 1. The molecule has 1 saturated heterocycles. The molecule has 7 heteroatoms. The maximum Gasteiger partial charge on any atom is 0.227 e. The van der Waals surface area contributed by atoms with Crippen LogP contribution >= 0.6 is 0 Å². The Labute approximate surface area is 179 Å². The lowest BCUT2D eigenvalue weighted by molar-refractivity contribution is -0.132. The van der Waals surface area contributed by atoms with E-state index in [4.69, 9.17) is 0 Å². The largest absolute Gasteiger partial charge is 0.346 e. The van der Waals surface area contributed by atoms with Crippen LogP contribution in [0, 0.1) is 5.92 Å². The van der Waals surface area contributed by atoms with Crippen LogP contribution in [0.15, 0.2) is 59.3 Å². The van der Waals surface area contributed by atoms with Gasteiger partial charge in [0.2, 0.25) is 5.91 Å². The molecule has 3 unspecified atom stereocenters. The first-order valence-electron chi connectivity index (χ1n) is 10.8. The van der Waals surface area contributed by atoms with Gasteiger partial charge >= 0.3 is 0 Å². The molecule has 3 atom stereocenters. The second-order valence-corrected chi connectivity index (χ2v) is 8.59. The van der Waals surface area contributed by atoms with Crippen molar-refractivity contribution in [3.8, 4) is 0 Å². The number of aromatic nitrogens is 3. The summed E-state index contributed by atoms with van der Waals surface area (Å²) in [5, 5.41) is 1.49. The van der Waals surface area contributed by atoms with Gasteiger partial charge in [-0.2, -0.15) is 0 Å². The van der Waals surface area contributed by atoms with Crippen molar-refractivity contribution >= 4 is 27.8 Å². The maximum atomic E-state index is 13.3. The molecule has 0 aromatic carbocycles. The maximum absolute atomic E-state index is 13.3. The van der Waals surface area contributed by atoms with E-state index in [1.807, 2.05) is 29.4 Å². The molecule has 2 aliphatic rings. The lowest BCUT2D eigenvalue weighted by Crippen LogP contribution is -2.44. The fraction of sp³-hybridized carbons (Fsp3) is 0.375. The van der Waals surface area contributed by atoms with Crippen molar-refractivity contribution in [3.63, 3.8) is 0 Å². The molecule has 6 nitrogen and oxygen atoms in total. The van der Waals surface area contributed by atoms with Gasteiger partial charge in [0.15, 0.2) is 5.43 Å². The molecule has 1 aliphatic carbocycles. The van der Waals surface area contributed by atoms with Gasteiger partial charge < -0.3 is 14.5 Å². The van der Waals surface area contributed by atoms with Crippen molar-refractivity contribution in [2.75, 3.05) is 13.1 Å². The minimum atomic E-state index is -0.951. The van der Waals surface area contributed by atoms with Crippen LogP contribution in [0.3, 0.4) is 0 Å². The van der Waals surface area contributed by atoms with Gasteiger partial charge in [-0.25, -0.2) is 9.37 Å². The number of amides is 1. The number of likely N-dealkylation sites (tertiary alicyclic amines) is 1. The number of pyridine rings is 2. The highest BCUT2D eigenvalue weighted by atomic mass is 19.1. The summed E-state index contributed by atoms with van der Waals surface area (Å²) in [6.07, 6.45) is 10.9. The third-order valence-electron chi connectivity index (χ3n) is 6.58. The van der Waals surface area contributed by atoms with Crippen LogP contribution < -0.4 is 5.43 Å². The first-order chi connectivity index (χ1) is 15.0. The summed E-state index contributed by atoms with van der Waals surface area (Å²) in [5.74, 6) is 0.405. The number of nitrogens with zero attached hydrogens (tertiary/aromatic N) is 3. The number of hydrogen-bond acceptors (Lipinski definition) is 3. The summed E-state index contributed by atoms with van der Waals surface area (Å²) in [7, 11) is 0. The van der Waals surface area contributed by atoms with Gasteiger partial charge in [-0.05, 0) is 24.0 Å². The number of hydrogen-bond donors (Lipinski definition) is 1. The molecular weight excluding hydrogens is 395 g/mol. The molecule has 0 bridgehead atoms. The van der Waals surface area contributed by atoms with Crippen molar-refractivity contribution in [3.05, 3.63) is 64.7 Å². The number of allylic oxidation sites excluding steroid dienone is 3. The summed E-state index contributed by atoms with van der Waals surface area (Å²) >= 11 is 0. The third kappa shape index (κ3) is 3.58. The van der Waals surface area contributed by atoms with E-state index in [9.17, 15) is 14.0 Å². The molecule has 1 amide bonds. The summed E-state index contributed by atoms with van der Waals surface area (Å²) < 4.78 is 15.5. The molecule has 1 aliphatic heterocycles. The number of piperidine rings is 1. The summed E-state index contributed by atoms with van der Waals surface area (Å²) in [6, 6.07) is 3.57. The smallest absolute Gasteiger partial charge is 0.227 e.